The number of benzene rings is 1. The summed E-state index contributed by atoms with van der Waals surface area (Å²) in [6, 6.07) is 6.68. The van der Waals surface area contributed by atoms with Gasteiger partial charge in [0.2, 0.25) is 12.7 Å². The van der Waals surface area contributed by atoms with Gasteiger partial charge in [-0.15, -0.1) is 0 Å². The lowest BCUT2D eigenvalue weighted by Crippen LogP contribution is -2.40. The van der Waals surface area contributed by atoms with E-state index in [0.717, 1.165) is 49.7 Å². The summed E-state index contributed by atoms with van der Waals surface area (Å²) in [6.45, 7) is 4.72. The van der Waals surface area contributed by atoms with Crippen LogP contribution in [0.15, 0.2) is 18.2 Å². The largest absolute Gasteiger partial charge is 0.454 e. The lowest BCUT2D eigenvalue weighted by Gasteiger charge is -2.35. The molecule has 1 unspecified atom stereocenters. The molecule has 1 saturated carbocycles. The Morgan fingerprint density at radius 1 is 1.00 bits per heavy atom. The average molecular weight is 457 g/mol. The summed E-state index contributed by atoms with van der Waals surface area (Å²) >= 11 is 0. The van der Waals surface area contributed by atoms with Crippen LogP contribution in [0.1, 0.15) is 82.1 Å². The minimum Gasteiger partial charge on any atom is -0.454 e. The number of hydrogen-bond donors (Lipinski definition) is 1. The fourth-order valence-corrected chi connectivity index (χ4v) is 6.16. The molecule has 182 valence electrons. The maximum Gasteiger partial charge on any atom is 0.231 e. The normalized spacial score (nSPS) is 28.5. The molecule has 0 radical (unpaired) electrons. The Morgan fingerprint density at radius 2 is 1.85 bits per heavy atom. The minimum atomic E-state index is 0.142. The molecule has 6 nitrogen and oxygen atoms in total. The molecule has 2 saturated heterocycles. The van der Waals surface area contributed by atoms with Gasteiger partial charge in [-0.2, -0.15) is 0 Å². The number of nitrogens with one attached hydrogen (secondary N) is 1. The van der Waals surface area contributed by atoms with Crippen molar-refractivity contribution in [1.82, 2.24) is 10.2 Å². The van der Waals surface area contributed by atoms with E-state index in [-0.39, 0.29) is 12.0 Å². The topological polar surface area (TPSA) is 60.0 Å². The molecule has 1 atom stereocenters. The van der Waals surface area contributed by atoms with Crippen molar-refractivity contribution in [3.63, 3.8) is 0 Å². The van der Waals surface area contributed by atoms with E-state index in [1.807, 2.05) is 6.07 Å². The van der Waals surface area contributed by atoms with Gasteiger partial charge in [-0.05, 0) is 102 Å². The molecule has 0 spiro atoms. The number of para-hydroxylation sites is 1. The molecule has 6 heteroatoms. The first kappa shape index (κ1) is 23.0. The Balaban J connectivity index is 0.980. The van der Waals surface area contributed by atoms with Crippen LogP contribution >= 0.6 is 0 Å². The van der Waals surface area contributed by atoms with Gasteiger partial charge in [0.1, 0.15) is 0 Å². The van der Waals surface area contributed by atoms with Gasteiger partial charge in [0.05, 0.1) is 12.5 Å². The molecule has 1 aromatic carbocycles. The van der Waals surface area contributed by atoms with E-state index in [0.29, 0.717) is 25.2 Å². The van der Waals surface area contributed by atoms with Crippen molar-refractivity contribution in [2.75, 3.05) is 33.0 Å². The molecule has 1 aromatic rings. The van der Waals surface area contributed by atoms with Gasteiger partial charge >= 0.3 is 0 Å². The fraction of sp³-hybridized carbons (Fsp3) is 0.741. The molecule has 1 aliphatic carbocycles. The van der Waals surface area contributed by atoms with E-state index >= 15 is 0 Å². The monoisotopic (exact) mass is 456 g/mol. The van der Waals surface area contributed by atoms with Crippen molar-refractivity contribution in [2.45, 2.75) is 88.7 Å². The van der Waals surface area contributed by atoms with Gasteiger partial charge < -0.3 is 24.4 Å². The molecule has 3 aliphatic heterocycles. The number of ether oxygens (including phenoxy) is 3. The molecular weight excluding hydrogens is 416 g/mol. The van der Waals surface area contributed by atoms with E-state index in [1.165, 1.54) is 63.7 Å². The predicted octanol–water partition coefficient (Wildman–Crippen LogP) is 4.62. The first-order valence-corrected chi connectivity index (χ1v) is 13.3. The first-order chi connectivity index (χ1) is 16.2. The van der Waals surface area contributed by atoms with Gasteiger partial charge in [0, 0.05) is 18.2 Å². The highest BCUT2D eigenvalue weighted by Gasteiger charge is 2.28. The maximum atomic E-state index is 12.4. The molecular formula is C27H40N2O4. The second kappa shape index (κ2) is 11.1. The van der Waals surface area contributed by atoms with Crippen molar-refractivity contribution in [1.29, 1.82) is 0 Å². The Bertz CT molecular complexity index is 778. The smallest absolute Gasteiger partial charge is 0.231 e. The van der Waals surface area contributed by atoms with Crippen molar-refractivity contribution in [3.8, 4) is 11.5 Å². The Labute approximate surface area is 198 Å². The number of hydrogen-bond acceptors (Lipinski definition) is 5. The highest BCUT2D eigenvalue weighted by Crippen LogP contribution is 2.42. The van der Waals surface area contributed by atoms with E-state index < -0.39 is 0 Å². The lowest BCUT2D eigenvalue weighted by atomic mass is 9.83. The van der Waals surface area contributed by atoms with E-state index in [2.05, 4.69) is 22.3 Å². The molecule has 4 aliphatic rings. The van der Waals surface area contributed by atoms with Crippen molar-refractivity contribution < 1.29 is 19.0 Å². The zero-order valence-electron chi connectivity index (χ0n) is 19.9. The molecule has 1 N–H and O–H groups in total. The van der Waals surface area contributed by atoms with Gasteiger partial charge in [0.25, 0.3) is 0 Å². The Morgan fingerprint density at radius 3 is 2.64 bits per heavy atom. The quantitative estimate of drug-likeness (QED) is 0.649. The van der Waals surface area contributed by atoms with Crippen LogP contribution < -0.4 is 14.8 Å². The molecule has 3 fully saturated rings. The maximum absolute atomic E-state index is 12.4. The van der Waals surface area contributed by atoms with Crippen LogP contribution in [0.3, 0.4) is 0 Å². The zero-order valence-corrected chi connectivity index (χ0v) is 19.9. The predicted molar refractivity (Wildman–Crippen MR) is 128 cm³/mol. The van der Waals surface area contributed by atoms with Gasteiger partial charge in [-0.1, -0.05) is 12.1 Å². The third-order valence-corrected chi connectivity index (χ3v) is 8.21. The third kappa shape index (κ3) is 6.02. The average Bonchev–Trinajstić information content (AvgIpc) is 3.34. The number of carbonyl (C=O) groups excluding carboxylic acids is 1. The van der Waals surface area contributed by atoms with E-state index in [1.54, 1.807) is 0 Å². The first-order valence-electron chi connectivity index (χ1n) is 13.3. The van der Waals surface area contributed by atoms with Crippen molar-refractivity contribution in [3.05, 3.63) is 23.8 Å². The van der Waals surface area contributed by atoms with Crippen LogP contribution in [0.5, 0.6) is 11.5 Å². The summed E-state index contributed by atoms with van der Waals surface area (Å²) in [6.07, 6.45) is 12.5. The standard InChI is InChI=1S/C27H40N2O4/c30-26(18-23-4-1-2-17-31-23)28-22-9-7-20(8-10-22)11-14-29-15-12-21(13-16-29)24-5-3-6-25-27(24)33-19-32-25/h3,5-6,20-23H,1-2,4,7-19H2,(H,28,30)/t20-,22-,23?. The summed E-state index contributed by atoms with van der Waals surface area (Å²) in [7, 11) is 0. The van der Waals surface area contributed by atoms with Crippen LogP contribution in [0.4, 0.5) is 0 Å². The van der Waals surface area contributed by atoms with Crippen LogP contribution in [0.2, 0.25) is 0 Å². The Hall–Kier alpha value is -1.79. The number of piperidine rings is 1. The number of nitrogens with zero attached hydrogens (tertiary/aromatic N) is 1. The van der Waals surface area contributed by atoms with Crippen LogP contribution in [-0.2, 0) is 9.53 Å². The van der Waals surface area contributed by atoms with Gasteiger partial charge in [0.15, 0.2) is 11.5 Å². The molecule has 0 bridgehead atoms. The minimum absolute atomic E-state index is 0.142. The lowest BCUT2D eigenvalue weighted by molar-refractivity contribution is -0.125. The second-order valence-electron chi connectivity index (χ2n) is 10.5. The Kier molecular flexibility index (Phi) is 7.72. The number of amides is 1. The summed E-state index contributed by atoms with van der Waals surface area (Å²) in [4.78, 5) is 15.0. The van der Waals surface area contributed by atoms with Crippen molar-refractivity contribution >= 4 is 5.91 Å². The molecule has 33 heavy (non-hydrogen) atoms. The third-order valence-electron chi connectivity index (χ3n) is 8.21. The van der Waals surface area contributed by atoms with E-state index in [4.69, 9.17) is 14.2 Å². The highest BCUT2D eigenvalue weighted by molar-refractivity contribution is 5.76. The van der Waals surface area contributed by atoms with Crippen LogP contribution in [0.25, 0.3) is 0 Å². The summed E-state index contributed by atoms with van der Waals surface area (Å²) in [5, 5.41) is 3.28. The fourth-order valence-electron chi connectivity index (χ4n) is 6.16. The summed E-state index contributed by atoms with van der Waals surface area (Å²) in [5.74, 6) is 3.46. The molecule has 3 heterocycles. The summed E-state index contributed by atoms with van der Waals surface area (Å²) in [5.41, 5.74) is 1.33. The van der Waals surface area contributed by atoms with Crippen LogP contribution in [0, 0.1) is 5.92 Å². The molecule has 0 aromatic heterocycles. The zero-order chi connectivity index (χ0) is 22.5. The SMILES string of the molecule is O=C(CC1CCCCO1)N[C@H]1CC[C@H](CCN2CCC(c3cccc4c3OCO4)CC2)CC1. The van der Waals surface area contributed by atoms with Crippen LogP contribution in [-0.4, -0.2) is 56.0 Å². The number of carbonyl (C=O) groups is 1. The number of likely N-dealkylation sites (tertiary alicyclic amines) is 1. The van der Waals surface area contributed by atoms with E-state index in [9.17, 15) is 4.79 Å². The van der Waals surface area contributed by atoms with Gasteiger partial charge in [-0.3, -0.25) is 4.79 Å². The summed E-state index contributed by atoms with van der Waals surface area (Å²) < 4.78 is 17.0. The van der Waals surface area contributed by atoms with Gasteiger partial charge in [-0.25, -0.2) is 0 Å². The molecule has 5 rings (SSSR count). The number of rotatable bonds is 7. The number of fused-ring (bicyclic) bond motifs is 1. The highest BCUT2D eigenvalue weighted by atomic mass is 16.7. The molecule has 1 amide bonds. The second-order valence-corrected chi connectivity index (χ2v) is 10.5. The van der Waals surface area contributed by atoms with Crippen molar-refractivity contribution in [2.24, 2.45) is 5.92 Å².